The van der Waals surface area contributed by atoms with Gasteiger partial charge in [-0.15, -0.1) is 0 Å². The number of rotatable bonds is 6. The monoisotopic (exact) mass is 705 g/mol. The molecule has 0 atom stereocenters. The molecule has 0 spiro atoms. The molecule has 55 heavy (non-hydrogen) atoms. The molecule has 0 N–H and O–H groups in total. The van der Waals surface area contributed by atoms with E-state index in [1.807, 2.05) is 6.08 Å². The quantitative estimate of drug-likeness (QED) is 0.162. The fourth-order valence-corrected chi connectivity index (χ4v) is 8.93. The van der Waals surface area contributed by atoms with Crippen LogP contribution in [0.2, 0.25) is 0 Å². The molecule has 4 heterocycles. The van der Waals surface area contributed by atoms with E-state index in [0.29, 0.717) is 5.95 Å². The fourth-order valence-electron chi connectivity index (χ4n) is 8.93. The van der Waals surface area contributed by atoms with Gasteiger partial charge in [0.15, 0.2) is 0 Å². The summed E-state index contributed by atoms with van der Waals surface area (Å²) < 4.78 is 4.72. The fraction of sp³-hybridized carbons (Fsp3) is 0.0400. The maximum atomic E-state index is 5.57. The Bertz CT molecular complexity index is 3260. The summed E-state index contributed by atoms with van der Waals surface area (Å²) in [5, 5.41) is 8.13. The van der Waals surface area contributed by atoms with Crippen molar-refractivity contribution in [2.24, 2.45) is 0 Å². The minimum atomic E-state index is 0.637. The van der Waals surface area contributed by atoms with Gasteiger partial charge in [0.05, 0.1) is 50.0 Å². The zero-order valence-corrected chi connectivity index (χ0v) is 30.3. The molecule has 1 aliphatic heterocycles. The standard InChI is InChI=1S/C50H35N5/c1-3-5-25-40-34(4-2)48-47-39(24-16-29-44(47)53(40)33-19-7-6-8-20-33)51-50(52-48)55-42-26-13-11-22-36(42)37-30-31-45-46(49(37)55)38-23-12-14-27-43(38)54(45)41-28-15-18-32-17-9-10-21-35(32)41/h3-24,26-31H,2,25H2,1H3/b5-3-. The molecule has 260 valence electrons. The van der Waals surface area contributed by atoms with Crippen LogP contribution in [0.15, 0.2) is 182 Å². The summed E-state index contributed by atoms with van der Waals surface area (Å²) in [7, 11) is 0. The smallest absolute Gasteiger partial charge is 0.235 e. The summed E-state index contributed by atoms with van der Waals surface area (Å²) >= 11 is 0. The van der Waals surface area contributed by atoms with Crippen molar-refractivity contribution in [1.82, 2.24) is 19.1 Å². The molecule has 0 fully saturated rings. The molecule has 1 aliphatic rings. The van der Waals surface area contributed by atoms with Crippen LogP contribution < -0.4 is 4.90 Å². The minimum Gasteiger partial charge on any atom is -0.312 e. The number of allylic oxidation sites excluding steroid dienone is 4. The van der Waals surface area contributed by atoms with E-state index in [2.05, 4.69) is 191 Å². The molecule has 0 saturated heterocycles. The average molecular weight is 706 g/mol. The van der Waals surface area contributed by atoms with E-state index >= 15 is 0 Å². The van der Waals surface area contributed by atoms with Crippen LogP contribution in [0.25, 0.3) is 82.5 Å². The molecule has 0 saturated carbocycles. The maximum Gasteiger partial charge on any atom is 0.235 e. The second kappa shape index (κ2) is 12.2. The highest BCUT2D eigenvalue weighted by Gasteiger charge is 2.30. The molecule has 0 aliphatic carbocycles. The van der Waals surface area contributed by atoms with E-state index in [1.165, 1.54) is 26.9 Å². The van der Waals surface area contributed by atoms with E-state index in [4.69, 9.17) is 9.97 Å². The van der Waals surface area contributed by atoms with Gasteiger partial charge >= 0.3 is 0 Å². The summed E-state index contributed by atoms with van der Waals surface area (Å²) in [4.78, 5) is 13.4. The van der Waals surface area contributed by atoms with E-state index in [0.717, 1.165) is 78.8 Å². The number of fused-ring (bicyclic) bond motifs is 8. The van der Waals surface area contributed by atoms with Crippen molar-refractivity contribution >= 4 is 82.2 Å². The number of anilines is 2. The zero-order chi connectivity index (χ0) is 36.6. The van der Waals surface area contributed by atoms with Crippen LogP contribution >= 0.6 is 0 Å². The van der Waals surface area contributed by atoms with Crippen LogP contribution in [0.5, 0.6) is 0 Å². The van der Waals surface area contributed by atoms with Gasteiger partial charge in [-0.25, -0.2) is 9.97 Å². The molecular weight excluding hydrogens is 671 g/mol. The molecule has 0 radical (unpaired) electrons. The van der Waals surface area contributed by atoms with Crippen LogP contribution in [0, 0.1) is 0 Å². The Morgan fingerprint density at radius 2 is 1.25 bits per heavy atom. The predicted octanol–water partition coefficient (Wildman–Crippen LogP) is 13.0. The lowest BCUT2D eigenvalue weighted by Gasteiger charge is -2.34. The summed E-state index contributed by atoms with van der Waals surface area (Å²) in [5.74, 6) is 0.637. The van der Waals surface area contributed by atoms with Crippen molar-refractivity contribution in [2.45, 2.75) is 13.3 Å². The Hall–Kier alpha value is -7.24. The van der Waals surface area contributed by atoms with Gasteiger partial charge in [0.1, 0.15) is 0 Å². The number of aromatic nitrogens is 4. The average Bonchev–Trinajstić information content (AvgIpc) is 3.76. The number of nitrogens with zero attached hydrogens (tertiary/aromatic N) is 5. The first-order valence-corrected chi connectivity index (χ1v) is 18.8. The van der Waals surface area contributed by atoms with Crippen molar-refractivity contribution in [3.05, 3.63) is 188 Å². The van der Waals surface area contributed by atoms with Crippen LogP contribution in [0.1, 0.15) is 19.0 Å². The third-order valence-electron chi connectivity index (χ3n) is 11.2. The van der Waals surface area contributed by atoms with Crippen molar-refractivity contribution in [3.8, 4) is 11.6 Å². The van der Waals surface area contributed by atoms with Gasteiger partial charge in [-0.05, 0) is 60.8 Å². The number of para-hydroxylation sites is 3. The third-order valence-corrected chi connectivity index (χ3v) is 11.2. The first kappa shape index (κ1) is 31.3. The predicted molar refractivity (Wildman–Crippen MR) is 231 cm³/mol. The van der Waals surface area contributed by atoms with Gasteiger partial charge in [0.25, 0.3) is 0 Å². The van der Waals surface area contributed by atoms with Crippen molar-refractivity contribution in [1.29, 1.82) is 0 Å². The van der Waals surface area contributed by atoms with Crippen molar-refractivity contribution in [2.75, 3.05) is 4.90 Å². The molecule has 10 aromatic rings. The van der Waals surface area contributed by atoms with Crippen LogP contribution in [-0.2, 0) is 0 Å². The van der Waals surface area contributed by atoms with Gasteiger partial charge in [-0.2, -0.15) is 0 Å². The molecule has 0 bridgehead atoms. The Morgan fingerprint density at radius 3 is 2.07 bits per heavy atom. The Balaban J connectivity index is 1.27. The first-order valence-electron chi connectivity index (χ1n) is 18.8. The van der Waals surface area contributed by atoms with Crippen LogP contribution in [0.4, 0.5) is 11.4 Å². The van der Waals surface area contributed by atoms with Gasteiger partial charge in [0.2, 0.25) is 5.95 Å². The van der Waals surface area contributed by atoms with Crippen molar-refractivity contribution in [3.63, 3.8) is 0 Å². The van der Waals surface area contributed by atoms with E-state index < -0.39 is 0 Å². The van der Waals surface area contributed by atoms with Crippen LogP contribution in [-0.4, -0.2) is 19.1 Å². The van der Waals surface area contributed by atoms with Gasteiger partial charge in [0, 0.05) is 50.3 Å². The molecule has 0 unspecified atom stereocenters. The lowest BCUT2D eigenvalue weighted by molar-refractivity contribution is 0.992. The topological polar surface area (TPSA) is 38.9 Å². The summed E-state index contributed by atoms with van der Waals surface area (Å²) in [6.45, 7) is 6.44. The first-order chi connectivity index (χ1) is 27.2. The number of benzene rings is 7. The SMILES string of the molecule is C=CC1=C(C/C=C\C)N(c2ccccc2)c2cccc3nc(-n4c5ccccc5c5ccc6c(c7ccccc7n6-c6cccc7ccccc67)c54)nc1c23. The highest BCUT2D eigenvalue weighted by molar-refractivity contribution is 6.26. The molecule has 5 nitrogen and oxygen atoms in total. The lowest BCUT2D eigenvalue weighted by Crippen LogP contribution is -2.22. The van der Waals surface area contributed by atoms with Gasteiger partial charge < -0.3 is 9.47 Å². The largest absolute Gasteiger partial charge is 0.312 e. The van der Waals surface area contributed by atoms with Crippen LogP contribution in [0.3, 0.4) is 0 Å². The van der Waals surface area contributed by atoms with Crippen molar-refractivity contribution < 1.29 is 0 Å². The minimum absolute atomic E-state index is 0.637. The van der Waals surface area contributed by atoms with Gasteiger partial charge in [-0.3, -0.25) is 4.57 Å². The number of hydrogen-bond acceptors (Lipinski definition) is 3. The molecular formula is C50H35N5. The molecule has 0 amide bonds. The Kier molecular flexibility index (Phi) is 6.92. The molecule has 5 heteroatoms. The Labute approximate surface area is 318 Å². The lowest BCUT2D eigenvalue weighted by atomic mass is 9.95. The third kappa shape index (κ3) is 4.47. The summed E-state index contributed by atoms with van der Waals surface area (Å²) in [5.41, 5.74) is 11.7. The second-order valence-corrected chi connectivity index (χ2v) is 14.1. The summed E-state index contributed by atoms with van der Waals surface area (Å²) in [6, 6.07) is 54.2. The molecule has 7 aromatic carbocycles. The zero-order valence-electron chi connectivity index (χ0n) is 30.3. The highest BCUT2D eigenvalue weighted by Crippen LogP contribution is 2.47. The second-order valence-electron chi connectivity index (χ2n) is 14.1. The van der Waals surface area contributed by atoms with E-state index in [9.17, 15) is 0 Å². The molecule has 3 aromatic heterocycles. The maximum absolute atomic E-state index is 5.57. The van der Waals surface area contributed by atoms with Gasteiger partial charge in [-0.1, -0.05) is 128 Å². The molecule has 11 rings (SSSR count). The Morgan fingerprint density at radius 1 is 0.564 bits per heavy atom. The summed E-state index contributed by atoms with van der Waals surface area (Å²) in [6.07, 6.45) is 7.01. The number of hydrogen-bond donors (Lipinski definition) is 0. The van der Waals surface area contributed by atoms with E-state index in [-0.39, 0.29) is 0 Å². The normalized spacial score (nSPS) is 13.1. The highest BCUT2D eigenvalue weighted by atomic mass is 15.2. The van der Waals surface area contributed by atoms with E-state index in [1.54, 1.807) is 0 Å².